The number of amidine groups is 1. The van der Waals surface area contributed by atoms with Gasteiger partial charge >= 0.3 is 5.97 Å². The van der Waals surface area contributed by atoms with Crippen LogP contribution in [-0.4, -0.2) is 24.3 Å². The largest absolute Gasteiger partial charge is 0.466 e. The summed E-state index contributed by atoms with van der Waals surface area (Å²) >= 11 is 0. The van der Waals surface area contributed by atoms with Crippen molar-refractivity contribution in [2.75, 3.05) is 11.9 Å². The molecule has 6 nitrogen and oxygen atoms in total. The van der Waals surface area contributed by atoms with E-state index in [1.807, 2.05) is 12.1 Å². The van der Waals surface area contributed by atoms with E-state index in [0.29, 0.717) is 24.2 Å². The molecular formula is C24H29N3O3. The Labute approximate surface area is 177 Å². The highest BCUT2D eigenvalue weighted by Gasteiger charge is 2.22. The second kappa shape index (κ2) is 10.1. The predicted octanol–water partition coefficient (Wildman–Crippen LogP) is 4.06. The smallest absolute Gasteiger partial charge is 0.306 e. The highest BCUT2D eigenvalue weighted by atomic mass is 16.5. The van der Waals surface area contributed by atoms with Gasteiger partial charge in [-0.25, -0.2) is 0 Å². The molecule has 0 spiro atoms. The van der Waals surface area contributed by atoms with Crippen molar-refractivity contribution in [2.45, 2.75) is 45.4 Å². The van der Waals surface area contributed by atoms with Crippen LogP contribution in [0.15, 0.2) is 42.5 Å². The van der Waals surface area contributed by atoms with Gasteiger partial charge in [-0.05, 0) is 67.0 Å². The van der Waals surface area contributed by atoms with Crippen molar-refractivity contribution in [3.05, 3.63) is 64.7 Å². The summed E-state index contributed by atoms with van der Waals surface area (Å²) < 4.78 is 5.30. The second-order valence-corrected chi connectivity index (χ2v) is 7.82. The molecule has 0 aromatic heterocycles. The number of hydrogen-bond acceptors (Lipinski definition) is 4. The number of aryl methyl sites for hydroxylation is 1. The number of nitrogens with two attached hydrogens (primary N) is 1. The van der Waals surface area contributed by atoms with Gasteiger partial charge in [0.25, 0.3) is 5.91 Å². The number of nitrogens with one attached hydrogen (secondary N) is 2. The summed E-state index contributed by atoms with van der Waals surface area (Å²) in [6.45, 7) is 2.58. The Bertz CT molecular complexity index is 922. The Morgan fingerprint density at radius 2 is 1.87 bits per heavy atom. The Morgan fingerprint density at radius 1 is 1.13 bits per heavy atom. The summed E-state index contributed by atoms with van der Waals surface area (Å²) in [6, 6.07) is 12.6. The van der Waals surface area contributed by atoms with E-state index < -0.39 is 0 Å². The lowest BCUT2D eigenvalue weighted by Gasteiger charge is -2.24. The molecule has 158 valence electrons. The molecule has 1 amide bonds. The van der Waals surface area contributed by atoms with Crippen LogP contribution < -0.4 is 11.1 Å². The van der Waals surface area contributed by atoms with Gasteiger partial charge in [-0.3, -0.25) is 15.0 Å². The van der Waals surface area contributed by atoms with Crippen LogP contribution >= 0.6 is 0 Å². The number of rotatable bonds is 8. The lowest BCUT2D eigenvalue weighted by atomic mass is 9.82. The third-order valence-corrected chi connectivity index (χ3v) is 5.47. The van der Waals surface area contributed by atoms with E-state index in [-0.39, 0.29) is 23.6 Å². The SMILES string of the molecule is CCCCOC(=O)CC1CCc2ccc(NC(=O)c3ccc(C(=N)N)cc3)cc2C1. The first-order valence-electron chi connectivity index (χ1n) is 10.5. The Balaban J connectivity index is 1.61. The molecule has 1 aliphatic carbocycles. The van der Waals surface area contributed by atoms with Crippen LogP contribution in [0.3, 0.4) is 0 Å². The maximum Gasteiger partial charge on any atom is 0.306 e. The molecule has 1 atom stereocenters. The van der Waals surface area contributed by atoms with E-state index in [2.05, 4.69) is 18.3 Å². The van der Waals surface area contributed by atoms with Crippen LogP contribution in [0.4, 0.5) is 5.69 Å². The van der Waals surface area contributed by atoms with Crippen LogP contribution in [0.2, 0.25) is 0 Å². The molecule has 0 radical (unpaired) electrons. The summed E-state index contributed by atoms with van der Waals surface area (Å²) in [5.41, 5.74) is 9.73. The van der Waals surface area contributed by atoms with Gasteiger partial charge in [-0.15, -0.1) is 0 Å². The summed E-state index contributed by atoms with van der Waals surface area (Å²) in [5.74, 6) is -0.0792. The number of esters is 1. The zero-order chi connectivity index (χ0) is 21.5. The van der Waals surface area contributed by atoms with Crippen molar-refractivity contribution in [3.8, 4) is 0 Å². The average Bonchev–Trinajstić information content (AvgIpc) is 2.73. The lowest BCUT2D eigenvalue weighted by Crippen LogP contribution is -2.20. The number of carbonyl (C=O) groups excluding carboxylic acids is 2. The normalized spacial score (nSPS) is 15.2. The molecule has 3 rings (SSSR count). The Hall–Kier alpha value is -3.15. The van der Waals surface area contributed by atoms with Gasteiger partial charge in [-0.1, -0.05) is 31.5 Å². The molecule has 0 saturated carbocycles. The van der Waals surface area contributed by atoms with Crippen molar-refractivity contribution >= 4 is 23.4 Å². The molecule has 0 heterocycles. The Kier molecular flexibility index (Phi) is 7.22. The number of fused-ring (bicyclic) bond motifs is 1. The van der Waals surface area contributed by atoms with Crippen LogP contribution in [-0.2, 0) is 22.4 Å². The van der Waals surface area contributed by atoms with Crippen molar-refractivity contribution in [3.63, 3.8) is 0 Å². The van der Waals surface area contributed by atoms with Crippen LogP contribution in [0.1, 0.15) is 59.7 Å². The first-order valence-corrected chi connectivity index (χ1v) is 10.5. The van der Waals surface area contributed by atoms with Crippen molar-refractivity contribution < 1.29 is 14.3 Å². The molecule has 1 unspecified atom stereocenters. The van der Waals surface area contributed by atoms with Gasteiger partial charge in [0.2, 0.25) is 0 Å². The topological polar surface area (TPSA) is 105 Å². The maximum absolute atomic E-state index is 12.5. The number of unbranched alkanes of at least 4 members (excludes halogenated alkanes) is 1. The summed E-state index contributed by atoms with van der Waals surface area (Å²) in [4.78, 5) is 24.6. The molecule has 1 aliphatic rings. The number of amides is 1. The molecule has 0 saturated heterocycles. The number of carbonyl (C=O) groups is 2. The number of hydrogen-bond donors (Lipinski definition) is 3. The van der Waals surface area contributed by atoms with Gasteiger partial charge in [0.15, 0.2) is 0 Å². The molecule has 0 fully saturated rings. The van der Waals surface area contributed by atoms with E-state index in [1.165, 1.54) is 11.1 Å². The molecule has 30 heavy (non-hydrogen) atoms. The first kappa shape index (κ1) is 21.6. The maximum atomic E-state index is 12.5. The zero-order valence-corrected chi connectivity index (χ0v) is 17.4. The summed E-state index contributed by atoms with van der Waals surface area (Å²) in [7, 11) is 0. The molecule has 6 heteroatoms. The Morgan fingerprint density at radius 3 is 2.57 bits per heavy atom. The van der Waals surface area contributed by atoms with Gasteiger partial charge in [-0.2, -0.15) is 0 Å². The number of anilines is 1. The van der Waals surface area contributed by atoms with E-state index >= 15 is 0 Å². The third kappa shape index (κ3) is 5.69. The number of nitrogen functional groups attached to an aromatic ring is 1. The highest BCUT2D eigenvalue weighted by Crippen LogP contribution is 2.30. The van der Waals surface area contributed by atoms with E-state index in [0.717, 1.165) is 37.8 Å². The van der Waals surface area contributed by atoms with E-state index in [1.54, 1.807) is 24.3 Å². The third-order valence-electron chi connectivity index (χ3n) is 5.47. The molecule has 4 N–H and O–H groups in total. The molecular weight excluding hydrogens is 378 g/mol. The van der Waals surface area contributed by atoms with Crippen LogP contribution in [0.25, 0.3) is 0 Å². The van der Waals surface area contributed by atoms with E-state index in [4.69, 9.17) is 15.9 Å². The monoisotopic (exact) mass is 407 g/mol. The minimum Gasteiger partial charge on any atom is -0.466 e. The predicted molar refractivity (Wildman–Crippen MR) is 118 cm³/mol. The second-order valence-electron chi connectivity index (χ2n) is 7.82. The quantitative estimate of drug-likeness (QED) is 0.265. The molecule has 0 aliphatic heterocycles. The summed E-state index contributed by atoms with van der Waals surface area (Å²) in [5, 5.41) is 10.4. The minimum absolute atomic E-state index is 0.0274. The van der Waals surface area contributed by atoms with Crippen molar-refractivity contribution in [1.29, 1.82) is 5.41 Å². The van der Waals surface area contributed by atoms with Gasteiger partial charge in [0.05, 0.1) is 6.61 Å². The summed E-state index contributed by atoms with van der Waals surface area (Å²) in [6.07, 6.45) is 5.09. The van der Waals surface area contributed by atoms with Crippen LogP contribution in [0.5, 0.6) is 0 Å². The fraction of sp³-hybridized carbons (Fsp3) is 0.375. The zero-order valence-electron chi connectivity index (χ0n) is 17.4. The first-order chi connectivity index (χ1) is 14.5. The fourth-order valence-corrected chi connectivity index (χ4v) is 3.71. The number of benzene rings is 2. The van der Waals surface area contributed by atoms with Crippen molar-refractivity contribution in [2.24, 2.45) is 11.7 Å². The molecule has 2 aromatic carbocycles. The highest BCUT2D eigenvalue weighted by molar-refractivity contribution is 6.05. The van der Waals surface area contributed by atoms with Gasteiger partial charge < -0.3 is 15.8 Å². The van der Waals surface area contributed by atoms with Gasteiger partial charge in [0, 0.05) is 23.2 Å². The van der Waals surface area contributed by atoms with Crippen molar-refractivity contribution in [1.82, 2.24) is 0 Å². The molecule has 2 aromatic rings. The lowest BCUT2D eigenvalue weighted by molar-refractivity contribution is -0.145. The van der Waals surface area contributed by atoms with Crippen LogP contribution in [0, 0.1) is 11.3 Å². The number of ether oxygens (including phenoxy) is 1. The standard InChI is InChI=1S/C24H29N3O3/c1-2-3-12-30-22(28)14-16-4-5-17-10-11-21(15-20(17)13-16)27-24(29)19-8-6-18(7-9-19)23(25)26/h6-11,15-16H,2-5,12-14H2,1H3,(H3,25,26)(H,27,29). The molecule has 0 bridgehead atoms. The van der Waals surface area contributed by atoms with Gasteiger partial charge in [0.1, 0.15) is 5.84 Å². The van der Waals surface area contributed by atoms with E-state index in [9.17, 15) is 9.59 Å². The fourth-order valence-electron chi connectivity index (χ4n) is 3.71. The minimum atomic E-state index is -0.211. The average molecular weight is 408 g/mol.